The van der Waals surface area contributed by atoms with Crippen molar-refractivity contribution in [2.75, 3.05) is 4.90 Å². The lowest BCUT2D eigenvalue weighted by atomic mass is 10.2. The van der Waals surface area contributed by atoms with Gasteiger partial charge in [0.15, 0.2) is 5.17 Å². The maximum atomic E-state index is 13.4. The molecule has 36 heavy (non-hydrogen) atoms. The summed E-state index contributed by atoms with van der Waals surface area (Å²) in [7, 11) is 0. The second kappa shape index (κ2) is 10.8. The molecule has 0 saturated carbocycles. The Bertz CT molecular complexity index is 1450. The molecule has 176 valence electrons. The molecule has 0 atom stereocenters. The SMILES string of the molecule is O=C(Oc1ccc(C=C2SC(=Nc3ccccc3)N(c3ccccc3)C2=O)cc1)c1ccc(Br)cc1. The van der Waals surface area contributed by atoms with E-state index in [1.807, 2.05) is 78.9 Å². The first-order chi connectivity index (χ1) is 17.6. The van der Waals surface area contributed by atoms with Crippen LogP contribution in [-0.4, -0.2) is 17.0 Å². The number of benzene rings is 4. The molecular weight excluding hydrogens is 536 g/mol. The quantitative estimate of drug-likeness (QED) is 0.146. The number of esters is 1. The van der Waals surface area contributed by atoms with Crippen LogP contribution in [0.3, 0.4) is 0 Å². The Morgan fingerprint density at radius 2 is 1.47 bits per heavy atom. The van der Waals surface area contributed by atoms with Gasteiger partial charge < -0.3 is 4.74 Å². The predicted molar refractivity (Wildman–Crippen MR) is 149 cm³/mol. The van der Waals surface area contributed by atoms with E-state index < -0.39 is 5.97 Å². The van der Waals surface area contributed by atoms with E-state index in [0.717, 1.165) is 21.4 Å². The first-order valence-electron chi connectivity index (χ1n) is 11.1. The molecule has 0 radical (unpaired) electrons. The van der Waals surface area contributed by atoms with Gasteiger partial charge in [0.2, 0.25) is 0 Å². The van der Waals surface area contributed by atoms with Crippen molar-refractivity contribution in [1.82, 2.24) is 0 Å². The fourth-order valence-corrected chi connectivity index (χ4v) is 4.77. The Labute approximate surface area is 221 Å². The minimum absolute atomic E-state index is 0.147. The van der Waals surface area contributed by atoms with Crippen molar-refractivity contribution < 1.29 is 14.3 Å². The van der Waals surface area contributed by atoms with Crippen LogP contribution in [0.2, 0.25) is 0 Å². The van der Waals surface area contributed by atoms with Gasteiger partial charge in [0, 0.05) is 4.47 Å². The first kappa shape index (κ1) is 23.8. The van der Waals surface area contributed by atoms with Gasteiger partial charge in [0.25, 0.3) is 5.91 Å². The molecule has 1 fully saturated rings. The lowest BCUT2D eigenvalue weighted by Gasteiger charge is -2.15. The van der Waals surface area contributed by atoms with Gasteiger partial charge in [-0.15, -0.1) is 0 Å². The number of para-hydroxylation sites is 2. The van der Waals surface area contributed by atoms with Gasteiger partial charge in [0.05, 0.1) is 21.8 Å². The fourth-order valence-electron chi connectivity index (χ4n) is 3.50. The summed E-state index contributed by atoms with van der Waals surface area (Å²) < 4.78 is 6.36. The highest BCUT2D eigenvalue weighted by molar-refractivity contribution is 9.10. The Balaban J connectivity index is 1.38. The predicted octanol–water partition coefficient (Wildman–Crippen LogP) is 7.48. The third kappa shape index (κ3) is 5.48. The molecule has 0 aromatic heterocycles. The average molecular weight is 555 g/mol. The summed E-state index contributed by atoms with van der Waals surface area (Å²) in [5.41, 5.74) is 2.79. The molecule has 1 amide bonds. The van der Waals surface area contributed by atoms with Crippen molar-refractivity contribution in [3.8, 4) is 5.75 Å². The number of amidine groups is 1. The van der Waals surface area contributed by atoms with Crippen LogP contribution in [0.4, 0.5) is 11.4 Å². The van der Waals surface area contributed by atoms with E-state index in [0.29, 0.717) is 21.4 Å². The largest absolute Gasteiger partial charge is 0.423 e. The molecule has 4 aromatic carbocycles. The van der Waals surface area contributed by atoms with E-state index in [1.54, 1.807) is 41.3 Å². The molecule has 4 aromatic rings. The molecular formula is C29H19BrN2O3S. The molecule has 0 N–H and O–H groups in total. The van der Waals surface area contributed by atoms with Gasteiger partial charge in [-0.2, -0.15) is 0 Å². The zero-order valence-corrected chi connectivity index (χ0v) is 21.3. The number of ether oxygens (including phenoxy) is 1. The van der Waals surface area contributed by atoms with Crippen LogP contribution in [0.15, 0.2) is 124 Å². The smallest absolute Gasteiger partial charge is 0.343 e. The molecule has 7 heteroatoms. The van der Waals surface area contributed by atoms with Crippen molar-refractivity contribution >= 4 is 62.2 Å². The zero-order valence-electron chi connectivity index (χ0n) is 18.9. The minimum atomic E-state index is -0.435. The van der Waals surface area contributed by atoms with Gasteiger partial charge >= 0.3 is 5.97 Å². The zero-order chi connectivity index (χ0) is 24.9. The molecule has 5 nitrogen and oxygen atoms in total. The summed E-state index contributed by atoms with van der Waals surface area (Å²) in [4.78, 5) is 32.7. The summed E-state index contributed by atoms with van der Waals surface area (Å²) in [6.45, 7) is 0. The van der Waals surface area contributed by atoms with Gasteiger partial charge in [-0.05, 0) is 84.1 Å². The normalized spacial score (nSPS) is 15.5. The summed E-state index contributed by atoms with van der Waals surface area (Å²) in [5, 5.41) is 0.587. The van der Waals surface area contributed by atoms with Gasteiger partial charge in [-0.1, -0.05) is 64.5 Å². The number of carbonyl (C=O) groups excluding carboxylic acids is 2. The molecule has 5 rings (SSSR count). The third-order valence-corrected chi connectivity index (χ3v) is 6.77. The van der Waals surface area contributed by atoms with Crippen molar-refractivity contribution in [2.24, 2.45) is 4.99 Å². The second-order valence-corrected chi connectivity index (χ2v) is 9.71. The topological polar surface area (TPSA) is 59.0 Å². The van der Waals surface area contributed by atoms with E-state index in [2.05, 4.69) is 15.9 Å². The van der Waals surface area contributed by atoms with E-state index in [4.69, 9.17) is 9.73 Å². The summed E-state index contributed by atoms with van der Waals surface area (Å²) in [6.07, 6.45) is 1.82. The van der Waals surface area contributed by atoms with Crippen molar-refractivity contribution in [3.05, 3.63) is 130 Å². The molecule has 1 aliphatic rings. The van der Waals surface area contributed by atoms with Gasteiger partial charge in [0.1, 0.15) is 5.75 Å². The van der Waals surface area contributed by atoms with Gasteiger partial charge in [-0.25, -0.2) is 9.79 Å². The average Bonchev–Trinajstić information content (AvgIpc) is 3.20. The second-order valence-electron chi connectivity index (χ2n) is 7.78. The van der Waals surface area contributed by atoms with Crippen LogP contribution in [0.5, 0.6) is 5.75 Å². The van der Waals surface area contributed by atoms with Crippen LogP contribution in [-0.2, 0) is 4.79 Å². The fraction of sp³-hybridized carbons (Fsp3) is 0. The standard InChI is InChI=1S/C29H19BrN2O3S/c30-22-15-13-21(14-16-22)28(34)35-25-17-11-20(12-18-25)19-26-27(33)32(24-9-5-2-6-10-24)29(36-26)31-23-7-3-1-4-8-23/h1-19H. The van der Waals surface area contributed by atoms with E-state index in [1.165, 1.54) is 11.8 Å². The lowest BCUT2D eigenvalue weighted by Crippen LogP contribution is -2.28. The van der Waals surface area contributed by atoms with E-state index in [9.17, 15) is 9.59 Å². The molecule has 1 heterocycles. The highest BCUT2D eigenvalue weighted by Crippen LogP contribution is 2.37. The number of nitrogens with zero attached hydrogens (tertiary/aromatic N) is 2. The molecule has 0 unspecified atom stereocenters. The lowest BCUT2D eigenvalue weighted by molar-refractivity contribution is -0.113. The van der Waals surface area contributed by atoms with Crippen molar-refractivity contribution in [1.29, 1.82) is 0 Å². The molecule has 0 aliphatic carbocycles. The third-order valence-electron chi connectivity index (χ3n) is 5.27. The number of rotatable bonds is 5. The van der Waals surface area contributed by atoms with Crippen LogP contribution in [0, 0.1) is 0 Å². The Kier molecular flexibility index (Phi) is 7.11. The van der Waals surface area contributed by atoms with Crippen molar-refractivity contribution in [2.45, 2.75) is 0 Å². The minimum Gasteiger partial charge on any atom is -0.423 e. The Hall–Kier alpha value is -3.94. The van der Waals surface area contributed by atoms with Crippen LogP contribution < -0.4 is 9.64 Å². The number of anilines is 1. The molecule has 0 spiro atoms. The number of hydrogen-bond donors (Lipinski definition) is 0. The Morgan fingerprint density at radius 1 is 0.833 bits per heavy atom. The van der Waals surface area contributed by atoms with E-state index >= 15 is 0 Å². The molecule has 1 aliphatic heterocycles. The highest BCUT2D eigenvalue weighted by Gasteiger charge is 2.34. The number of carbonyl (C=O) groups is 2. The maximum Gasteiger partial charge on any atom is 0.343 e. The number of thioether (sulfide) groups is 1. The Morgan fingerprint density at radius 3 is 2.14 bits per heavy atom. The van der Waals surface area contributed by atoms with Crippen molar-refractivity contribution in [3.63, 3.8) is 0 Å². The molecule has 1 saturated heterocycles. The summed E-state index contributed by atoms with van der Waals surface area (Å²) in [5.74, 6) is -0.158. The van der Waals surface area contributed by atoms with Crippen LogP contribution >= 0.6 is 27.7 Å². The van der Waals surface area contributed by atoms with Gasteiger partial charge in [-0.3, -0.25) is 9.69 Å². The molecule has 0 bridgehead atoms. The van der Waals surface area contributed by atoms with Crippen LogP contribution in [0.25, 0.3) is 6.08 Å². The highest BCUT2D eigenvalue weighted by atomic mass is 79.9. The number of halogens is 1. The summed E-state index contributed by atoms with van der Waals surface area (Å²) in [6, 6.07) is 33.0. The van der Waals surface area contributed by atoms with E-state index in [-0.39, 0.29) is 5.91 Å². The number of amides is 1. The number of hydrogen-bond acceptors (Lipinski definition) is 5. The number of aliphatic imine (C=N–C) groups is 1. The van der Waals surface area contributed by atoms with Crippen LogP contribution in [0.1, 0.15) is 15.9 Å². The summed E-state index contributed by atoms with van der Waals surface area (Å²) >= 11 is 4.68. The monoisotopic (exact) mass is 554 g/mol. The maximum absolute atomic E-state index is 13.4. The first-order valence-corrected chi connectivity index (χ1v) is 12.7.